The fourth-order valence-electron chi connectivity index (χ4n) is 1.88. The summed E-state index contributed by atoms with van der Waals surface area (Å²) >= 11 is 1.11. The van der Waals surface area contributed by atoms with Gasteiger partial charge >= 0.3 is 5.97 Å². The Morgan fingerprint density at radius 3 is 2.46 bits per heavy atom. The zero-order chi connectivity index (χ0) is 18.7. The maximum absolute atomic E-state index is 14.3. The number of carbonyl (C=O) groups is 1. The molecular weight excluding hydrogens is 411 g/mol. The number of rotatable bonds is 6. The monoisotopic (exact) mass is 429 g/mol. The normalized spacial score (nSPS) is 15.9. The fraction of sp³-hybridized carbons (Fsp3) is 0.533. The van der Waals surface area contributed by atoms with Crippen LogP contribution < -0.4 is 4.72 Å². The standard InChI is InChI=1S/C15H19BrF3NO3S/c1-14(2,3)24(22)20-15(13(18)19,8-12(21)23-4)10-7-9(16)5-6-11(10)17/h5-7,13,20H,8H2,1-4H3/t15-,24-/m0/s1. The van der Waals surface area contributed by atoms with Crippen molar-refractivity contribution in [2.45, 2.75) is 43.9 Å². The van der Waals surface area contributed by atoms with Crippen LogP contribution in [0.5, 0.6) is 0 Å². The summed E-state index contributed by atoms with van der Waals surface area (Å²) in [7, 11) is 1.04. The first-order chi connectivity index (χ1) is 10.9. The number of nitrogens with one attached hydrogen (secondary N) is 1. The average Bonchev–Trinajstić information content (AvgIpc) is 2.47. The van der Waals surface area contributed by atoms with Crippen molar-refractivity contribution in [1.82, 2.24) is 4.72 Å². The van der Waals surface area contributed by atoms with Crippen LogP contribution in [0.2, 0.25) is 0 Å². The van der Waals surface area contributed by atoms with Gasteiger partial charge in [0, 0.05) is 21.4 Å². The number of carbonyl (C=O) groups excluding carboxylic acids is 1. The minimum atomic E-state index is -3.22. The van der Waals surface area contributed by atoms with Gasteiger partial charge in [0.25, 0.3) is 6.43 Å². The Balaban J connectivity index is 3.52. The molecule has 9 heteroatoms. The molecule has 4 nitrogen and oxygen atoms in total. The van der Waals surface area contributed by atoms with Crippen LogP contribution in [0.4, 0.5) is 13.2 Å². The third-order valence-electron chi connectivity index (χ3n) is 3.26. The van der Waals surface area contributed by atoms with Gasteiger partial charge in [-0.05, 0) is 39.0 Å². The number of hydrogen-bond donors (Lipinski definition) is 1. The average molecular weight is 430 g/mol. The molecule has 0 fully saturated rings. The van der Waals surface area contributed by atoms with E-state index in [1.807, 2.05) is 0 Å². The van der Waals surface area contributed by atoms with Crippen LogP contribution in [-0.2, 0) is 26.4 Å². The molecule has 0 heterocycles. The first-order valence-electron chi connectivity index (χ1n) is 6.94. The molecule has 0 spiro atoms. The second kappa shape index (κ2) is 8.07. The second-order valence-electron chi connectivity index (χ2n) is 6.13. The van der Waals surface area contributed by atoms with Gasteiger partial charge in [0.1, 0.15) is 10.6 Å². The Hall–Kier alpha value is -0.770. The van der Waals surface area contributed by atoms with E-state index in [4.69, 9.17) is 0 Å². The van der Waals surface area contributed by atoms with Gasteiger partial charge in [-0.2, -0.15) is 0 Å². The number of esters is 1. The summed E-state index contributed by atoms with van der Waals surface area (Å²) in [6.45, 7) is 4.71. The predicted molar refractivity (Wildman–Crippen MR) is 89.4 cm³/mol. The first-order valence-corrected chi connectivity index (χ1v) is 8.88. The van der Waals surface area contributed by atoms with E-state index in [0.717, 1.165) is 19.2 Å². The van der Waals surface area contributed by atoms with Crippen molar-refractivity contribution in [2.24, 2.45) is 0 Å². The van der Waals surface area contributed by atoms with E-state index < -0.39 is 51.8 Å². The lowest BCUT2D eigenvalue weighted by Crippen LogP contribution is -2.56. The summed E-state index contributed by atoms with van der Waals surface area (Å²) in [5.41, 5.74) is -2.95. The molecule has 2 atom stereocenters. The Morgan fingerprint density at radius 1 is 1.42 bits per heavy atom. The molecule has 0 saturated carbocycles. The molecule has 136 valence electrons. The molecule has 0 aliphatic heterocycles. The van der Waals surface area contributed by atoms with Crippen LogP contribution in [0.3, 0.4) is 0 Å². The SMILES string of the molecule is COC(=O)C[C@](N[S@@+]([O-])C(C)(C)C)(c1cc(Br)ccc1F)C(F)F. The van der Waals surface area contributed by atoms with E-state index in [0.29, 0.717) is 4.47 Å². The van der Waals surface area contributed by atoms with Gasteiger partial charge in [0.2, 0.25) is 0 Å². The molecule has 1 N–H and O–H groups in total. The van der Waals surface area contributed by atoms with Crippen molar-refractivity contribution in [1.29, 1.82) is 0 Å². The molecule has 1 aromatic rings. The summed E-state index contributed by atoms with van der Waals surface area (Å²) in [4.78, 5) is 11.7. The highest BCUT2D eigenvalue weighted by Gasteiger charge is 2.51. The molecule has 24 heavy (non-hydrogen) atoms. The Morgan fingerprint density at radius 2 is 2.00 bits per heavy atom. The van der Waals surface area contributed by atoms with Crippen LogP contribution in [0.1, 0.15) is 32.8 Å². The zero-order valence-corrected chi connectivity index (χ0v) is 16.1. The molecule has 0 aliphatic rings. The van der Waals surface area contributed by atoms with Gasteiger partial charge < -0.3 is 9.29 Å². The molecule has 0 aliphatic carbocycles. The van der Waals surface area contributed by atoms with Crippen molar-refractivity contribution in [3.63, 3.8) is 0 Å². The van der Waals surface area contributed by atoms with Crippen molar-refractivity contribution in [2.75, 3.05) is 7.11 Å². The molecule has 0 aromatic heterocycles. The van der Waals surface area contributed by atoms with Gasteiger partial charge in [-0.25, -0.2) is 13.2 Å². The smallest absolute Gasteiger partial charge is 0.308 e. The highest BCUT2D eigenvalue weighted by molar-refractivity contribution is 9.10. The Kier molecular flexibility index (Phi) is 7.16. The van der Waals surface area contributed by atoms with Crippen molar-refractivity contribution < 1.29 is 27.3 Å². The number of methoxy groups -OCH3 is 1. The number of benzene rings is 1. The molecule has 0 radical (unpaired) electrons. The van der Waals surface area contributed by atoms with Crippen LogP contribution in [0.25, 0.3) is 0 Å². The Labute approximate surface area is 150 Å². The summed E-state index contributed by atoms with van der Waals surface area (Å²) in [5, 5.41) is 0. The topological polar surface area (TPSA) is 61.4 Å². The first kappa shape index (κ1) is 21.3. The summed E-state index contributed by atoms with van der Waals surface area (Å²) in [6, 6.07) is 3.47. The molecule has 0 unspecified atom stereocenters. The fourth-order valence-corrected chi connectivity index (χ4v) is 3.15. The largest absolute Gasteiger partial charge is 0.598 e. The van der Waals surface area contributed by atoms with Gasteiger partial charge in [-0.1, -0.05) is 15.9 Å². The van der Waals surface area contributed by atoms with Gasteiger partial charge in [-0.3, -0.25) is 4.79 Å². The van der Waals surface area contributed by atoms with Crippen LogP contribution in [-0.4, -0.2) is 28.8 Å². The van der Waals surface area contributed by atoms with E-state index >= 15 is 0 Å². The molecule has 0 amide bonds. The summed E-state index contributed by atoms with van der Waals surface area (Å²) in [5.74, 6) is -1.92. The minimum Gasteiger partial charge on any atom is -0.598 e. The lowest BCUT2D eigenvalue weighted by Gasteiger charge is -2.36. The van der Waals surface area contributed by atoms with E-state index in [-0.39, 0.29) is 0 Å². The highest BCUT2D eigenvalue weighted by Crippen LogP contribution is 2.37. The summed E-state index contributed by atoms with van der Waals surface area (Å²) < 4.78 is 60.9. The predicted octanol–water partition coefficient (Wildman–Crippen LogP) is 3.66. The quantitative estimate of drug-likeness (QED) is 0.553. The third-order valence-corrected chi connectivity index (χ3v) is 5.42. The number of hydrogen-bond acceptors (Lipinski definition) is 4. The second-order valence-corrected chi connectivity index (χ2v) is 9.01. The minimum absolute atomic E-state index is 0.345. The van der Waals surface area contributed by atoms with Crippen LogP contribution >= 0.6 is 15.9 Å². The van der Waals surface area contributed by atoms with Crippen LogP contribution in [0.15, 0.2) is 22.7 Å². The maximum Gasteiger partial charge on any atom is 0.308 e. The van der Waals surface area contributed by atoms with E-state index in [2.05, 4.69) is 25.4 Å². The molecular formula is C15H19BrF3NO3S. The molecule has 1 rings (SSSR count). The number of alkyl halides is 2. The van der Waals surface area contributed by atoms with E-state index in [9.17, 15) is 22.5 Å². The Bertz CT molecular complexity index is 598. The number of ether oxygens (including phenoxy) is 1. The molecule has 1 aromatic carbocycles. The van der Waals surface area contributed by atoms with E-state index in [1.54, 1.807) is 20.8 Å². The lowest BCUT2D eigenvalue weighted by atomic mass is 9.87. The van der Waals surface area contributed by atoms with E-state index in [1.165, 1.54) is 6.07 Å². The molecule has 0 bridgehead atoms. The lowest BCUT2D eigenvalue weighted by molar-refractivity contribution is -0.144. The van der Waals surface area contributed by atoms with Crippen molar-refractivity contribution >= 4 is 33.3 Å². The van der Waals surface area contributed by atoms with Gasteiger partial charge in [0.05, 0.1) is 13.5 Å². The number of halogens is 4. The van der Waals surface area contributed by atoms with Crippen molar-refractivity contribution in [3.8, 4) is 0 Å². The molecule has 0 saturated heterocycles. The van der Waals surface area contributed by atoms with Crippen molar-refractivity contribution in [3.05, 3.63) is 34.1 Å². The third kappa shape index (κ3) is 4.87. The zero-order valence-electron chi connectivity index (χ0n) is 13.7. The van der Waals surface area contributed by atoms with Gasteiger partial charge in [-0.15, -0.1) is 4.72 Å². The van der Waals surface area contributed by atoms with Gasteiger partial charge in [0.15, 0.2) is 5.54 Å². The summed E-state index contributed by atoms with van der Waals surface area (Å²) in [6.07, 6.45) is -4.09. The highest BCUT2D eigenvalue weighted by atomic mass is 79.9. The maximum atomic E-state index is 14.3. The van der Waals surface area contributed by atoms with Crippen LogP contribution in [0, 0.1) is 5.82 Å².